The Bertz CT molecular complexity index is 1420. The van der Waals surface area contributed by atoms with Crippen LogP contribution in [-0.2, 0) is 10.0 Å². The first-order valence-electron chi connectivity index (χ1n) is 10.1. The number of nitrogens with zero attached hydrogens (tertiary/aromatic N) is 4. The summed E-state index contributed by atoms with van der Waals surface area (Å²) in [6.45, 7) is 3.92. The Morgan fingerprint density at radius 3 is 2.52 bits per heavy atom. The molecule has 0 N–H and O–H groups in total. The van der Waals surface area contributed by atoms with Gasteiger partial charge >= 0.3 is 5.69 Å². The van der Waals surface area contributed by atoms with Gasteiger partial charge in [0.25, 0.3) is 0 Å². The van der Waals surface area contributed by atoms with Crippen LogP contribution in [0.4, 0.5) is 5.69 Å². The minimum Gasteiger partial charge on any atom is -0.431 e. The van der Waals surface area contributed by atoms with Crippen LogP contribution in [0.15, 0.2) is 64.2 Å². The van der Waals surface area contributed by atoms with E-state index in [1.54, 1.807) is 32.0 Å². The smallest absolute Gasteiger partial charge is 0.312 e. The van der Waals surface area contributed by atoms with E-state index >= 15 is 0 Å². The van der Waals surface area contributed by atoms with Gasteiger partial charge in [-0.25, -0.2) is 13.4 Å². The van der Waals surface area contributed by atoms with Crippen molar-refractivity contribution in [1.29, 1.82) is 0 Å². The molecular formula is C22H20N4O5S2. The van der Waals surface area contributed by atoms with Crippen LogP contribution in [0.1, 0.15) is 13.8 Å². The Morgan fingerprint density at radius 1 is 1.09 bits per heavy atom. The topological polar surface area (TPSA) is 116 Å². The third kappa shape index (κ3) is 4.42. The van der Waals surface area contributed by atoms with E-state index in [9.17, 15) is 18.5 Å². The molecule has 2 aromatic heterocycles. The number of para-hydroxylation sites is 1. The van der Waals surface area contributed by atoms with Crippen LogP contribution >= 0.6 is 11.3 Å². The molecule has 0 aliphatic rings. The van der Waals surface area contributed by atoms with Crippen molar-refractivity contribution in [2.24, 2.45) is 0 Å². The standard InChI is InChI=1S/C22H20N4O5S2/c1-3-25(4-2)33(29,30)16-9-10-20(19(13-16)26(27)28)31-22-17-7-5-6-8-18(17)23-21(24-22)15-11-12-32-14-15/h5-14H,3-4H2,1-2H3. The fourth-order valence-corrected chi connectivity index (χ4v) is 5.46. The molecule has 2 heterocycles. The Balaban J connectivity index is 1.82. The number of nitro benzene ring substituents is 1. The lowest BCUT2D eigenvalue weighted by Crippen LogP contribution is -2.30. The van der Waals surface area contributed by atoms with Gasteiger partial charge < -0.3 is 4.74 Å². The molecule has 0 aliphatic carbocycles. The summed E-state index contributed by atoms with van der Waals surface area (Å²) in [5, 5.41) is 16.2. The molecule has 0 saturated heterocycles. The highest BCUT2D eigenvalue weighted by molar-refractivity contribution is 7.89. The van der Waals surface area contributed by atoms with Gasteiger partial charge in [-0.3, -0.25) is 10.1 Å². The maximum atomic E-state index is 12.8. The molecule has 2 aromatic carbocycles. The monoisotopic (exact) mass is 484 g/mol. The van der Waals surface area contributed by atoms with Crippen LogP contribution in [-0.4, -0.2) is 40.7 Å². The second-order valence-corrected chi connectivity index (χ2v) is 9.68. The summed E-state index contributed by atoms with van der Waals surface area (Å²) in [6.07, 6.45) is 0. The highest BCUT2D eigenvalue weighted by Crippen LogP contribution is 2.36. The third-order valence-corrected chi connectivity index (χ3v) is 7.75. The fourth-order valence-electron chi connectivity index (χ4n) is 3.35. The predicted molar refractivity (Wildman–Crippen MR) is 126 cm³/mol. The second kappa shape index (κ2) is 9.22. The predicted octanol–water partition coefficient (Wildman–Crippen LogP) is 5.09. The summed E-state index contributed by atoms with van der Waals surface area (Å²) in [5.41, 5.74) is 0.945. The van der Waals surface area contributed by atoms with Crippen molar-refractivity contribution in [1.82, 2.24) is 14.3 Å². The molecule has 0 unspecified atom stereocenters. The summed E-state index contributed by atoms with van der Waals surface area (Å²) in [4.78, 5) is 20.0. The van der Waals surface area contributed by atoms with E-state index in [-0.39, 0.29) is 29.6 Å². The van der Waals surface area contributed by atoms with E-state index in [0.717, 1.165) is 11.6 Å². The fraction of sp³-hybridized carbons (Fsp3) is 0.182. The minimum absolute atomic E-state index is 0.112. The van der Waals surface area contributed by atoms with Crippen molar-refractivity contribution < 1.29 is 18.1 Å². The zero-order valence-corrected chi connectivity index (χ0v) is 19.5. The number of aromatic nitrogens is 2. The van der Waals surface area contributed by atoms with Crippen molar-refractivity contribution in [2.75, 3.05) is 13.1 Å². The molecule has 4 aromatic rings. The van der Waals surface area contributed by atoms with Crippen LogP contribution < -0.4 is 4.74 Å². The summed E-state index contributed by atoms with van der Waals surface area (Å²) >= 11 is 1.49. The first kappa shape index (κ1) is 22.8. The van der Waals surface area contributed by atoms with E-state index in [1.165, 1.54) is 27.8 Å². The van der Waals surface area contributed by atoms with Crippen molar-refractivity contribution in [2.45, 2.75) is 18.7 Å². The maximum absolute atomic E-state index is 12.8. The van der Waals surface area contributed by atoms with Gasteiger partial charge in [0.05, 0.1) is 20.7 Å². The molecule has 0 atom stereocenters. The first-order valence-corrected chi connectivity index (χ1v) is 12.5. The lowest BCUT2D eigenvalue weighted by Gasteiger charge is -2.18. The first-order chi connectivity index (χ1) is 15.8. The number of hydrogen-bond donors (Lipinski definition) is 0. The number of benzene rings is 2. The maximum Gasteiger partial charge on any atom is 0.312 e. The number of nitro groups is 1. The zero-order chi connectivity index (χ0) is 23.6. The van der Waals surface area contributed by atoms with E-state index < -0.39 is 20.6 Å². The van der Waals surface area contributed by atoms with Crippen LogP contribution in [0.2, 0.25) is 0 Å². The average molecular weight is 485 g/mol. The molecule has 0 radical (unpaired) electrons. The molecule has 0 spiro atoms. The largest absolute Gasteiger partial charge is 0.431 e. The van der Waals surface area contributed by atoms with Crippen LogP contribution in [0.25, 0.3) is 22.3 Å². The van der Waals surface area contributed by atoms with E-state index in [1.807, 2.05) is 22.9 Å². The van der Waals surface area contributed by atoms with Crippen LogP contribution in [0.5, 0.6) is 11.6 Å². The van der Waals surface area contributed by atoms with Crippen molar-refractivity contribution >= 4 is 38.0 Å². The van der Waals surface area contributed by atoms with Gasteiger partial charge in [0.1, 0.15) is 0 Å². The van der Waals surface area contributed by atoms with Crippen molar-refractivity contribution in [3.05, 3.63) is 69.4 Å². The van der Waals surface area contributed by atoms with Gasteiger partial charge in [0, 0.05) is 30.1 Å². The van der Waals surface area contributed by atoms with Gasteiger partial charge in [-0.2, -0.15) is 20.6 Å². The van der Waals surface area contributed by atoms with Crippen molar-refractivity contribution in [3.63, 3.8) is 0 Å². The van der Waals surface area contributed by atoms with Gasteiger partial charge in [-0.15, -0.1) is 0 Å². The molecule has 0 bridgehead atoms. The lowest BCUT2D eigenvalue weighted by atomic mass is 10.2. The zero-order valence-electron chi connectivity index (χ0n) is 17.8. The molecule has 0 aliphatic heterocycles. The van der Waals surface area contributed by atoms with Gasteiger partial charge in [-0.1, -0.05) is 26.0 Å². The number of hydrogen-bond acceptors (Lipinski definition) is 8. The number of thiophene rings is 1. The molecule has 33 heavy (non-hydrogen) atoms. The number of sulfonamides is 1. The Hall–Kier alpha value is -3.41. The Kier molecular flexibility index (Phi) is 6.36. The highest BCUT2D eigenvalue weighted by atomic mass is 32.2. The van der Waals surface area contributed by atoms with Crippen molar-refractivity contribution in [3.8, 4) is 23.0 Å². The van der Waals surface area contributed by atoms with Crippen LogP contribution in [0, 0.1) is 10.1 Å². The molecule has 0 amide bonds. The quantitative estimate of drug-likeness (QED) is 0.253. The third-order valence-electron chi connectivity index (χ3n) is 5.02. The molecule has 170 valence electrons. The number of fused-ring (bicyclic) bond motifs is 1. The molecular weight excluding hydrogens is 464 g/mol. The lowest BCUT2D eigenvalue weighted by molar-refractivity contribution is -0.385. The average Bonchev–Trinajstić information content (AvgIpc) is 3.34. The van der Waals surface area contributed by atoms with E-state index in [4.69, 9.17) is 4.74 Å². The minimum atomic E-state index is -3.87. The van der Waals surface area contributed by atoms with E-state index in [0.29, 0.717) is 16.7 Å². The molecule has 4 rings (SSSR count). The van der Waals surface area contributed by atoms with Gasteiger partial charge in [-0.05, 0) is 35.7 Å². The summed E-state index contributed by atoms with van der Waals surface area (Å²) in [7, 11) is -3.87. The molecule has 0 saturated carbocycles. The Morgan fingerprint density at radius 2 is 1.85 bits per heavy atom. The number of rotatable bonds is 8. The highest BCUT2D eigenvalue weighted by Gasteiger charge is 2.27. The molecule has 9 nitrogen and oxygen atoms in total. The summed E-state index contributed by atoms with van der Waals surface area (Å²) in [6, 6.07) is 12.7. The number of ether oxygens (including phenoxy) is 1. The van der Waals surface area contributed by atoms with Crippen LogP contribution in [0.3, 0.4) is 0 Å². The summed E-state index contributed by atoms with van der Waals surface area (Å²) < 4.78 is 32.8. The van der Waals surface area contributed by atoms with E-state index in [2.05, 4.69) is 9.97 Å². The SMILES string of the molecule is CCN(CC)S(=O)(=O)c1ccc(Oc2nc(-c3ccsc3)nc3ccccc23)c([N+](=O)[O-])c1. The normalized spacial score (nSPS) is 11.7. The molecule has 0 fully saturated rings. The Labute approximate surface area is 194 Å². The molecule has 11 heteroatoms. The second-order valence-electron chi connectivity index (χ2n) is 6.96. The van der Waals surface area contributed by atoms with Gasteiger partial charge in [0.2, 0.25) is 21.7 Å². The van der Waals surface area contributed by atoms with Gasteiger partial charge in [0.15, 0.2) is 5.82 Å². The summed E-state index contributed by atoms with van der Waals surface area (Å²) in [5.74, 6) is 0.455.